The number of para-hydroxylation sites is 1. The van der Waals surface area contributed by atoms with Crippen molar-refractivity contribution in [2.45, 2.75) is 11.8 Å². The number of hydrogen-bond donors (Lipinski definition) is 1. The Morgan fingerprint density at radius 2 is 1.79 bits per heavy atom. The summed E-state index contributed by atoms with van der Waals surface area (Å²) < 4.78 is 27.2. The maximum Gasteiger partial charge on any atom is 0.269 e. The number of carbonyl (C=O) groups is 3. The fourth-order valence-corrected chi connectivity index (χ4v) is 5.69. The van der Waals surface area contributed by atoms with Gasteiger partial charge in [-0.2, -0.15) is 0 Å². The van der Waals surface area contributed by atoms with Crippen LogP contribution in [0.3, 0.4) is 0 Å². The summed E-state index contributed by atoms with van der Waals surface area (Å²) in [4.78, 5) is 41.1. The number of nitrogens with zero attached hydrogens (tertiary/aromatic N) is 2. The van der Waals surface area contributed by atoms with Crippen LogP contribution in [0.15, 0.2) is 66.7 Å². The summed E-state index contributed by atoms with van der Waals surface area (Å²) in [5.74, 6) is -2.87. The van der Waals surface area contributed by atoms with E-state index >= 15 is 0 Å². The maximum absolute atomic E-state index is 14.0. The molecule has 1 saturated heterocycles. The molecular weight excluding hydrogens is 460 g/mol. The van der Waals surface area contributed by atoms with Gasteiger partial charge in [0.2, 0.25) is 16.7 Å². The number of carbonyl (C=O) groups excluding carboxylic acids is 3. The molecule has 3 amide bonds. The van der Waals surface area contributed by atoms with Crippen molar-refractivity contribution >= 4 is 46.5 Å². The van der Waals surface area contributed by atoms with Gasteiger partial charge in [0.15, 0.2) is 0 Å². The fourth-order valence-electron chi connectivity index (χ4n) is 4.33. The van der Waals surface area contributed by atoms with E-state index in [2.05, 4.69) is 5.32 Å². The van der Waals surface area contributed by atoms with Gasteiger partial charge < -0.3 is 5.32 Å². The molecule has 1 N–H and O–H groups in total. The van der Waals surface area contributed by atoms with Crippen molar-refractivity contribution in [3.8, 4) is 0 Å². The van der Waals surface area contributed by atoms with Gasteiger partial charge in [-0.15, -0.1) is 11.8 Å². The van der Waals surface area contributed by atoms with Crippen molar-refractivity contribution in [2.24, 2.45) is 0 Å². The van der Waals surface area contributed by atoms with E-state index in [9.17, 15) is 23.2 Å². The molecule has 0 aromatic heterocycles. The van der Waals surface area contributed by atoms with E-state index in [0.717, 1.165) is 17.7 Å². The SMILES string of the molecule is Cc1ccc(N2C(=O)CS[C@]23C(=O)N(CC(=O)Nc2ccc(F)cc2F)c2ccccc23)cc1. The van der Waals surface area contributed by atoms with E-state index in [-0.39, 0.29) is 17.3 Å². The highest BCUT2D eigenvalue weighted by Crippen LogP contribution is 2.55. The van der Waals surface area contributed by atoms with Gasteiger partial charge >= 0.3 is 0 Å². The van der Waals surface area contributed by atoms with Gasteiger partial charge in [-0.05, 0) is 37.3 Å². The highest BCUT2D eigenvalue weighted by Gasteiger charge is 2.61. The van der Waals surface area contributed by atoms with Crippen LogP contribution in [0, 0.1) is 18.6 Å². The van der Waals surface area contributed by atoms with Gasteiger partial charge in [0, 0.05) is 17.3 Å². The summed E-state index contributed by atoms with van der Waals surface area (Å²) >= 11 is 1.21. The molecular formula is C25H19F2N3O3S. The Kier molecular flexibility index (Phi) is 5.36. The first kappa shape index (κ1) is 22.1. The van der Waals surface area contributed by atoms with Crippen LogP contribution in [0.5, 0.6) is 0 Å². The molecule has 2 heterocycles. The third-order valence-corrected chi connectivity index (χ3v) is 7.25. The van der Waals surface area contributed by atoms with Crippen LogP contribution in [0.2, 0.25) is 0 Å². The average molecular weight is 480 g/mol. The second kappa shape index (κ2) is 8.25. The number of anilines is 3. The Labute approximate surface area is 198 Å². The summed E-state index contributed by atoms with van der Waals surface area (Å²) in [6.07, 6.45) is 0. The number of amides is 3. The van der Waals surface area contributed by atoms with Gasteiger partial charge in [0.1, 0.15) is 18.2 Å². The summed E-state index contributed by atoms with van der Waals surface area (Å²) in [5.41, 5.74) is 2.52. The van der Waals surface area contributed by atoms with Gasteiger partial charge in [0.25, 0.3) is 5.91 Å². The molecule has 5 rings (SSSR count). The highest BCUT2D eigenvalue weighted by atomic mass is 32.2. The second-order valence-electron chi connectivity index (χ2n) is 8.08. The number of halogens is 2. The predicted octanol–water partition coefficient (Wildman–Crippen LogP) is 4.19. The van der Waals surface area contributed by atoms with Crippen molar-refractivity contribution in [3.05, 3.63) is 89.5 Å². The van der Waals surface area contributed by atoms with Crippen molar-refractivity contribution < 1.29 is 23.2 Å². The fraction of sp³-hybridized carbons (Fsp3) is 0.160. The summed E-state index contributed by atoms with van der Waals surface area (Å²) in [7, 11) is 0. The lowest BCUT2D eigenvalue weighted by Gasteiger charge is -2.33. The first-order valence-corrected chi connectivity index (χ1v) is 11.5. The minimum atomic E-state index is -1.34. The summed E-state index contributed by atoms with van der Waals surface area (Å²) in [6, 6.07) is 17.2. The number of benzene rings is 3. The van der Waals surface area contributed by atoms with Gasteiger partial charge in [0.05, 0.1) is 17.1 Å². The summed E-state index contributed by atoms with van der Waals surface area (Å²) in [5, 5.41) is 2.39. The van der Waals surface area contributed by atoms with Gasteiger partial charge in [-0.1, -0.05) is 35.9 Å². The third kappa shape index (κ3) is 3.43. The quantitative estimate of drug-likeness (QED) is 0.609. The van der Waals surface area contributed by atoms with Crippen LogP contribution in [0.25, 0.3) is 0 Å². The van der Waals surface area contributed by atoms with E-state index in [1.165, 1.54) is 21.6 Å². The van der Waals surface area contributed by atoms with Gasteiger partial charge in [-0.25, -0.2) is 8.78 Å². The molecule has 2 aliphatic heterocycles. The molecule has 34 heavy (non-hydrogen) atoms. The largest absolute Gasteiger partial charge is 0.322 e. The van der Waals surface area contributed by atoms with Crippen LogP contribution in [-0.4, -0.2) is 30.0 Å². The van der Waals surface area contributed by atoms with Gasteiger partial charge in [-0.3, -0.25) is 24.2 Å². The number of nitrogens with one attached hydrogen (secondary N) is 1. The molecule has 0 unspecified atom stereocenters. The Balaban J connectivity index is 1.50. The highest BCUT2D eigenvalue weighted by molar-refractivity contribution is 8.02. The zero-order valence-electron chi connectivity index (χ0n) is 18.0. The van der Waals surface area contributed by atoms with Crippen molar-refractivity contribution in [1.29, 1.82) is 0 Å². The lowest BCUT2D eigenvalue weighted by Crippen LogP contribution is -2.50. The van der Waals surface area contributed by atoms with Crippen LogP contribution in [-0.2, 0) is 19.3 Å². The van der Waals surface area contributed by atoms with Crippen molar-refractivity contribution in [2.75, 3.05) is 27.4 Å². The van der Waals surface area contributed by atoms with E-state index in [1.54, 1.807) is 36.4 Å². The van der Waals surface area contributed by atoms with Crippen LogP contribution in [0.4, 0.5) is 25.8 Å². The average Bonchev–Trinajstić information content (AvgIpc) is 3.27. The van der Waals surface area contributed by atoms with Crippen LogP contribution in [0.1, 0.15) is 11.1 Å². The molecule has 9 heteroatoms. The van der Waals surface area contributed by atoms with E-state index in [4.69, 9.17) is 0 Å². The molecule has 0 bridgehead atoms. The van der Waals surface area contributed by atoms with E-state index in [0.29, 0.717) is 23.0 Å². The number of hydrogen-bond acceptors (Lipinski definition) is 4. The lowest BCUT2D eigenvalue weighted by molar-refractivity contribution is -0.124. The van der Waals surface area contributed by atoms with Crippen molar-refractivity contribution in [3.63, 3.8) is 0 Å². The second-order valence-corrected chi connectivity index (χ2v) is 9.25. The Morgan fingerprint density at radius 3 is 2.53 bits per heavy atom. The third-order valence-electron chi connectivity index (χ3n) is 5.86. The molecule has 1 fully saturated rings. The number of thioether (sulfide) groups is 1. The first-order valence-electron chi connectivity index (χ1n) is 10.5. The minimum absolute atomic E-state index is 0.106. The molecule has 2 aliphatic rings. The standard InChI is InChI=1S/C25H19F2N3O3S/c1-15-6-9-17(10-7-15)30-23(32)14-34-25(30)18-4-2-3-5-21(18)29(24(25)33)13-22(31)28-20-11-8-16(26)12-19(20)27/h2-12H,13-14H2,1H3,(H,28,31)/t25-/m1/s1. The molecule has 3 aromatic carbocycles. The molecule has 0 radical (unpaired) electrons. The summed E-state index contributed by atoms with van der Waals surface area (Å²) in [6.45, 7) is 1.53. The van der Waals surface area contributed by atoms with Crippen LogP contribution < -0.4 is 15.1 Å². The number of rotatable bonds is 4. The molecule has 1 atom stereocenters. The molecule has 3 aromatic rings. The molecule has 172 valence electrons. The first-order chi connectivity index (χ1) is 16.3. The van der Waals surface area contributed by atoms with E-state index in [1.807, 2.05) is 19.1 Å². The Morgan fingerprint density at radius 1 is 1.06 bits per heavy atom. The normalized spacial score (nSPS) is 19.1. The molecule has 0 aliphatic carbocycles. The topological polar surface area (TPSA) is 69.7 Å². The molecule has 6 nitrogen and oxygen atoms in total. The number of fused-ring (bicyclic) bond motifs is 2. The lowest BCUT2D eigenvalue weighted by atomic mass is 10.0. The van der Waals surface area contributed by atoms with E-state index < -0.39 is 34.9 Å². The predicted molar refractivity (Wildman–Crippen MR) is 127 cm³/mol. The molecule has 1 spiro atoms. The van der Waals surface area contributed by atoms with Crippen LogP contribution >= 0.6 is 11.8 Å². The van der Waals surface area contributed by atoms with Crippen molar-refractivity contribution in [1.82, 2.24) is 0 Å². The Bertz CT molecular complexity index is 1330. The monoisotopic (exact) mass is 479 g/mol. The molecule has 0 saturated carbocycles. The number of aryl methyl sites for hydroxylation is 1. The zero-order valence-corrected chi connectivity index (χ0v) is 18.9. The maximum atomic E-state index is 14.0. The zero-order chi connectivity index (χ0) is 24.0. The Hall–Kier alpha value is -3.72. The minimum Gasteiger partial charge on any atom is -0.322 e. The smallest absolute Gasteiger partial charge is 0.269 e.